The molecule has 0 aromatic carbocycles. The Morgan fingerprint density at radius 2 is 1.38 bits per heavy atom. The minimum atomic E-state index is 0.768. The third-order valence-electron chi connectivity index (χ3n) is 5.07. The zero-order chi connectivity index (χ0) is 15.3. The molecule has 1 aliphatic rings. The SMILES string of the molecule is CCCCCCNC1CCC(NCCCCCC)C(C)C1. The van der Waals surface area contributed by atoms with Crippen molar-refractivity contribution in [3.05, 3.63) is 0 Å². The van der Waals surface area contributed by atoms with Gasteiger partial charge in [0.2, 0.25) is 0 Å². The maximum atomic E-state index is 3.81. The van der Waals surface area contributed by atoms with Crippen molar-refractivity contribution in [3.63, 3.8) is 0 Å². The van der Waals surface area contributed by atoms with Gasteiger partial charge in [-0.15, -0.1) is 0 Å². The van der Waals surface area contributed by atoms with Gasteiger partial charge in [-0.2, -0.15) is 0 Å². The van der Waals surface area contributed by atoms with Gasteiger partial charge in [0, 0.05) is 12.1 Å². The van der Waals surface area contributed by atoms with Crippen molar-refractivity contribution in [1.29, 1.82) is 0 Å². The normalized spacial score (nSPS) is 26.1. The quantitative estimate of drug-likeness (QED) is 0.501. The van der Waals surface area contributed by atoms with Gasteiger partial charge in [0.1, 0.15) is 0 Å². The highest BCUT2D eigenvalue weighted by Gasteiger charge is 2.26. The number of unbranched alkanes of at least 4 members (excludes halogenated alkanes) is 6. The van der Waals surface area contributed by atoms with Crippen molar-refractivity contribution >= 4 is 0 Å². The van der Waals surface area contributed by atoms with Crippen LogP contribution in [0, 0.1) is 5.92 Å². The molecule has 1 saturated carbocycles. The van der Waals surface area contributed by atoms with Crippen LogP contribution in [0.15, 0.2) is 0 Å². The molecule has 1 aliphatic carbocycles. The largest absolute Gasteiger partial charge is 0.314 e. The molecule has 0 spiro atoms. The van der Waals surface area contributed by atoms with E-state index in [4.69, 9.17) is 0 Å². The van der Waals surface area contributed by atoms with Crippen LogP contribution in [-0.2, 0) is 0 Å². The maximum absolute atomic E-state index is 3.81. The molecular formula is C19H40N2. The zero-order valence-corrected chi connectivity index (χ0v) is 14.9. The van der Waals surface area contributed by atoms with Crippen LogP contribution in [0.2, 0.25) is 0 Å². The van der Waals surface area contributed by atoms with E-state index < -0.39 is 0 Å². The highest BCUT2D eigenvalue weighted by atomic mass is 15.0. The first kappa shape index (κ1) is 19.0. The molecular weight excluding hydrogens is 256 g/mol. The van der Waals surface area contributed by atoms with E-state index >= 15 is 0 Å². The molecule has 1 rings (SSSR count). The third-order valence-corrected chi connectivity index (χ3v) is 5.07. The summed E-state index contributed by atoms with van der Waals surface area (Å²) in [6.07, 6.45) is 15.1. The number of nitrogens with one attached hydrogen (secondary N) is 2. The van der Waals surface area contributed by atoms with Crippen LogP contribution in [0.1, 0.15) is 91.4 Å². The topological polar surface area (TPSA) is 24.1 Å². The summed E-state index contributed by atoms with van der Waals surface area (Å²) in [6.45, 7) is 9.46. The first-order valence-corrected chi connectivity index (χ1v) is 9.74. The summed E-state index contributed by atoms with van der Waals surface area (Å²) in [7, 11) is 0. The lowest BCUT2D eigenvalue weighted by molar-refractivity contribution is 0.232. The molecule has 0 aromatic heterocycles. The molecule has 0 radical (unpaired) electrons. The van der Waals surface area contributed by atoms with E-state index in [1.165, 1.54) is 83.7 Å². The smallest absolute Gasteiger partial charge is 0.00938 e. The molecule has 126 valence electrons. The van der Waals surface area contributed by atoms with Crippen LogP contribution in [0.5, 0.6) is 0 Å². The lowest BCUT2D eigenvalue weighted by Crippen LogP contribution is -2.45. The lowest BCUT2D eigenvalue weighted by atomic mass is 9.82. The first-order valence-electron chi connectivity index (χ1n) is 9.74. The van der Waals surface area contributed by atoms with Crippen LogP contribution >= 0.6 is 0 Å². The Balaban J connectivity index is 2.04. The minimum Gasteiger partial charge on any atom is -0.314 e. The average molecular weight is 297 g/mol. The Labute approximate surface area is 133 Å². The summed E-state index contributed by atoms with van der Waals surface area (Å²) < 4.78 is 0. The van der Waals surface area contributed by atoms with Crippen LogP contribution in [0.4, 0.5) is 0 Å². The summed E-state index contributed by atoms with van der Waals surface area (Å²) in [4.78, 5) is 0. The first-order chi connectivity index (χ1) is 10.3. The fourth-order valence-corrected chi connectivity index (χ4v) is 3.58. The van der Waals surface area contributed by atoms with Gasteiger partial charge in [0.25, 0.3) is 0 Å². The third kappa shape index (κ3) is 8.83. The monoisotopic (exact) mass is 296 g/mol. The molecule has 2 heteroatoms. The average Bonchev–Trinajstić information content (AvgIpc) is 2.48. The van der Waals surface area contributed by atoms with Gasteiger partial charge in [-0.1, -0.05) is 59.3 Å². The van der Waals surface area contributed by atoms with Gasteiger partial charge in [0.15, 0.2) is 0 Å². The Kier molecular flexibility index (Phi) is 11.3. The highest BCUT2D eigenvalue weighted by molar-refractivity contribution is 4.85. The van der Waals surface area contributed by atoms with Crippen molar-refractivity contribution < 1.29 is 0 Å². The van der Waals surface area contributed by atoms with Crippen molar-refractivity contribution in [3.8, 4) is 0 Å². The predicted molar refractivity (Wildman–Crippen MR) is 94.9 cm³/mol. The molecule has 1 fully saturated rings. The fraction of sp³-hybridized carbons (Fsp3) is 1.00. The summed E-state index contributed by atoms with van der Waals surface area (Å²) in [5.41, 5.74) is 0. The molecule has 0 heterocycles. The van der Waals surface area contributed by atoms with E-state index in [0.29, 0.717) is 0 Å². The molecule has 3 atom stereocenters. The van der Waals surface area contributed by atoms with Crippen LogP contribution in [0.3, 0.4) is 0 Å². The fourth-order valence-electron chi connectivity index (χ4n) is 3.58. The molecule has 0 bridgehead atoms. The van der Waals surface area contributed by atoms with E-state index in [0.717, 1.165) is 18.0 Å². The maximum Gasteiger partial charge on any atom is 0.00938 e. The lowest BCUT2D eigenvalue weighted by Gasteiger charge is -2.35. The molecule has 0 aromatic rings. The van der Waals surface area contributed by atoms with Crippen LogP contribution < -0.4 is 10.6 Å². The van der Waals surface area contributed by atoms with Crippen molar-refractivity contribution in [2.45, 2.75) is 103 Å². The predicted octanol–water partition coefficient (Wildman–Crippen LogP) is 4.88. The van der Waals surface area contributed by atoms with Gasteiger partial charge in [-0.05, 0) is 51.1 Å². The van der Waals surface area contributed by atoms with E-state index in [2.05, 4.69) is 31.4 Å². The molecule has 0 amide bonds. The summed E-state index contributed by atoms with van der Waals surface area (Å²) in [5, 5.41) is 7.59. The van der Waals surface area contributed by atoms with E-state index in [-0.39, 0.29) is 0 Å². The van der Waals surface area contributed by atoms with E-state index in [1.807, 2.05) is 0 Å². The van der Waals surface area contributed by atoms with Crippen molar-refractivity contribution in [2.75, 3.05) is 13.1 Å². The van der Waals surface area contributed by atoms with Gasteiger partial charge in [-0.3, -0.25) is 0 Å². The summed E-state index contributed by atoms with van der Waals surface area (Å²) >= 11 is 0. The molecule has 2 nitrogen and oxygen atoms in total. The van der Waals surface area contributed by atoms with E-state index in [1.54, 1.807) is 0 Å². The molecule has 21 heavy (non-hydrogen) atoms. The van der Waals surface area contributed by atoms with Crippen molar-refractivity contribution in [1.82, 2.24) is 10.6 Å². The number of hydrogen-bond acceptors (Lipinski definition) is 2. The van der Waals surface area contributed by atoms with Crippen LogP contribution in [-0.4, -0.2) is 25.2 Å². The van der Waals surface area contributed by atoms with Gasteiger partial charge in [0.05, 0.1) is 0 Å². The second kappa shape index (κ2) is 12.5. The second-order valence-corrected chi connectivity index (χ2v) is 7.12. The van der Waals surface area contributed by atoms with E-state index in [9.17, 15) is 0 Å². The second-order valence-electron chi connectivity index (χ2n) is 7.12. The van der Waals surface area contributed by atoms with Crippen molar-refractivity contribution in [2.24, 2.45) is 5.92 Å². The molecule has 0 aliphatic heterocycles. The Morgan fingerprint density at radius 1 is 0.762 bits per heavy atom. The van der Waals surface area contributed by atoms with Gasteiger partial charge < -0.3 is 10.6 Å². The Bertz CT molecular complexity index is 230. The Morgan fingerprint density at radius 3 is 1.95 bits per heavy atom. The number of rotatable bonds is 12. The summed E-state index contributed by atoms with van der Waals surface area (Å²) in [6, 6.07) is 1.55. The minimum absolute atomic E-state index is 0.768. The number of hydrogen-bond donors (Lipinski definition) is 2. The van der Waals surface area contributed by atoms with Crippen LogP contribution in [0.25, 0.3) is 0 Å². The standard InChI is InChI=1S/C19H40N2/c1-4-6-8-10-14-20-18-12-13-19(17(3)16-18)21-15-11-9-7-5-2/h17-21H,4-16H2,1-3H3. The highest BCUT2D eigenvalue weighted by Crippen LogP contribution is 2.24. The van der Waals surface area contributed by atoms with Gasteiger partial charge >= 0.3 is 0 Å². The Hall–Kier alpha value is -0.0800. The van der Waals surface area contributed by atoms with Gasteiger partial charge in [-0.25, -0.2) is 0 Å². The molecule has 3 unspecified atom stereocenters. The summed E-state index contributed by atoms with van der Waals surface area (Å²) in [5.74, 6) is 0.832. The molecule has 2 N–H and O–H groups in total. The zero-order valence-electron chi connectivity index (χ0n) is 14.9. The molecule has 0 saturated heterocycles.